The molecule has 10 heteroatoms. The maximum atomic E-state index is 13.8. The van der Waals surface area contributed by atoms with Crippen molar-refractivity contribution >= 4 is 16.1 Å². The van der Waals surface area contributed by atoms with Crippen molar-refractivity contribution in [2.75, 3.05) is 26.7 Å². The monoisotopic (exact) mass is 568 g/mol. The lowest BCUT2D eigenvalue weighted by atomic mass is 10.00. The van der Waals surface area contributed by atoms with Crippen LogP contribution in [0.5, 0.6) is 5.75 Å². The lowest BCUT2D eigenvalue weighted by Gasteiger charge is -2.31. The van der Waals surface area contributed by atoms with E-state index in [1.54, 1.807) is 43.7 Å². The molecule has 2 N–H and O–H groups in total. The number of aromatic nitrogens is 1. The van der Waals surface area contributed by atoms with Crippen LogP contribution in [-0.4, -0.2) is 67.8 Å². The van der Waals surface area contributed by atoms with Crippen molar-refractivity contribution in [3.63, 3.8) is 0 Å². The molecule has 0 saturated carbocycles. The standard InChI is InChI=1S/C30H37N3O6S/c1-22(2)19-33(40(36,37)26-11-12-29-25(17-26)13-15-38-29)20-28(34)27(16-23-8-5-4-6-9-23)32(3)30(35)39-21-24-10-7-14-31-18-24/h4-12,14,17-18,22,27-28,34H,13,15-16,19-21H2,1-3H3/p+1/t27-,28+/m0/s1. The molecular formula is C30H38N3O6S+. The van der Waals surface area contributed by atoms with Gasteiger partial charge in [0, 0.05) is 43.9 Å². The van der Waals surface area contributed by atoms with Crippen molar-refractivity contribution < 1.29 is 32.7 Å². The van der Waals surface area contributed by atoms with E-state index in [-0.39, 0.29) is 30.5 Å². The minimum atomic E-state index is -3.93. The number of aliphatic hydroxyl groups is 1. The van der Waals surface area contributed by atoms with Crippen molar-refractivity contribution in [2.45, 2.75) is 50.3 Å². The first-order valence-corrected chi connectivity index (χ1v) is 15.0. The molecule has 3 atom stereocenters. The summed E-state index contributed by atoms with van der Waals surface area (Å²) in [5.74, 6) is 0.717. The third-order valence-electron chi connectivity index (χ3n) is 6.99. The molecule has 1 aromatic heterocycles. The van der Waals surface area contributed by atoms with Gasteiger partial charge in [0.15, 0.2) is 0 Å². The lowest BCUT2D eigenvalue weighted by Crippen LogP contribution is -3.17. The summed E-state index contributed by atoms with van der Waals surface area (Å²) in [6.07, 6.45) is 2.57. The molecule has 1 aliphatic heterocycles. The number of likely N-dealkylation sites (N-methyl/N-ethyl adjacent to an activating group) is 1. The number of rotatable bonds is 12. The SMILES string of the molecule is CC(C)CN(C[C@@H](O)[C@H](Cc1ccccc1)[NH+](C)C(=O)OCc1cccnc1)S(=O)(=O)c1ccc2c(c1)CCO2. The molecule has 40 heavy (non-hydrogen) atoms. The van der Waals surface area contributed by atoms with Gasteiger partial charge >= 0.3 is 6.09 Å². The molecule has 0 fully saturated rings. The fraction of sp³-hybridized carbons (Fsp3) is 0.400. The van der Waals surface area contributed by atoms with Gasteiger partial charge in [0.2, 0.25) is 10.0 Å². The summed E-state index contributed by atoms with van der Waals surface area (Å²) in [4.78, 5) is 17.6. The lowest BCUT2D eigenvalue weighted by molar-refractivity contribution is -0.835. The minimum Gasteiger partial charge on any atom is -0.493 e. The predicted octanol–water partition coefficient (Wildman–Crippen LogP) is 2.49. The zero-order valence-electron chi connectivity index (χ0n) is 23.2. The Kier molecular flexibility index (Phi) is 9.91. The molecule has 4 rings (SSSR count). The van der Waals surface area contributed by atoms with Gasteiger partial charge in [-0.1, -0.05) is 50.2 Å². The average molecular weight is 569 g/mol. The number of benzene rings is 2. The van der Waals surface area contributed by atoms with Gasteiger partial charge in [-0.15, -0.1) is 0 Å². The number of hydrogen-bond donors (Lipinski definition) is 2. The Balaban J connectivity index is 1.56. The maximum Gasteiger partial charge on any atom is 0.514 e. The van der Waals surface area contributed by atoms with Crippen LogP contribution in [0.3, 0.4) is 0 Å². The zero-order valence-corrected chi connectivity index (χ0v) is 24.0. The second-order valence-electron chi connectivity index (χ2n) is 10.6. The van der Waals surface area contributed by atoms with Gasteiger partial charge in [0.25, 0.3) is 0 Å². The molecule has 9 nitrogen and oxygen atoms in total. The number of hydrogen-bond acceptors (Lipinski definition) is 7. The number of fused-ring (bicyclic) bond motifs is 1. The van der Waals surface area contributed by atoms with E-state index in [1.165, 1.54) is 4.31 Å². The summed E-state index contributed by atoms with van der Waals surface area (Å²) in [6, 6.07) is 17.3. The van der Waals surface area contributed by atoms with Crippen LogP contribution in [0.25, 0.3) is 0 Å². The molecule has 0 bridgehead atoms. The number of carbonyl (C=O) groups excluding carboxylic acids is 1. The van der Waals surface area contributed by atoms with E-state index in [0.29, 0.717) is 30.1 Å². The van der Waals surface area contributed by atoms with Gasteiger partial charge in [-0.05, 0) is 41.3 Å². The fourth-order valence-corrected chi connectivity index (χ4v) is 6.50. The number of alkyl carbamates (subject to hydrolysis) is 2. The third kappa shape index (κ3) is 7.45. The molecule has 1 unspecified atom stereocenters. The molecule has 2 heterocycles. The Morgan fingerprint density at radius 1 is 1.10 bits per heavy atom. The normalized spacial score (nSPS) is 15.3. The van der Waals surface area contributed by atoms with Gasteiger partial charge in [0.1, 0.15) is 24.5 Å². The Morgan fingerprint density at radius 2 is 1.85 bits per heavy atom. The summed E-state index contributed by atoms with van der Waals surface area (Å²) in [5, 5.41) is 11.6. The van der Waals surface area contributed by atoms with Crippen LogP contribution >= 0.6 is 0 Å². The highest BCUT2D eigenvalue weighted by molar-refractivity contribution is 7.89. The minimum absolute atomic E-state index is 0.0156. The van der Waals surface area contributed by atoms with Crippen molar-refractivity contribution in [2.24, 2.45) is 5.92 Å². The predicted molar refractivity (Wildman–Crippen MR) is 150 cm³/mol. The van der Waals surface area contributed by atoms with Crippen LogP contribution in [0.2, 0.25) is 0 Å². The van der Waals surface area contributed by atoms with Crippen molar-refractivity contribution in [1.29, 1.82) is 0 Å². The van der Waals surface area contributed by atoms with Gasteiger partial charge in [-0.2, -0.15) is 9.10 Å². The summed E-state index contributed by atoms with van der Waals surface area (Å²) >= 11 is 0. The molecule has 0 spiro atoms. The number of ether oxygens (including phenoxy) is 2. The van der Waals surface area contributed by atoms with Crippen molar-refractivity contribution in [1.82, 2.24) is 9.29 Å². The summed E-state index contributed by atoms with van der Waals surface area (Å²) in [5.41, 5.74) is 2.52. The summed E-state index contributed by atoms with van der Waals surface area (Å²) in [6.45, 7) is 4.49. The smallest absolute Gasteiger partial charge is 0.493 e. The topological polar surface area (TPSA) is 110 Å². The van der Waals surface area contributed by atoms with Gasteiger partial charge in [-0.25, -0.2) is 13.3 Å². The number of quaternary nitrogens is 1. The summed E-state index contributed by atoms with van der Waals surface area (Å²) in [7, 11) is -2.28. The quantitative estimate of drug-likeness (QED) is 0.346. The second-order valence-corrected chi connectivity index (χ2v) is 12.5. The third-order valence-corrected chi connectivity index (χ3v) is 8.82. The number of carbonyl (C=O) groups is 1. The van der Waals surface area contributed by atoms with E-state index in [9.17, 15) is 18.3 Å². The molecule has 1 aliphatic rings. The molecule has 0 aliphatic carbocycles. The molecule has 0 saturated heterocycles. The number of aliphatic hydroxyl groups excluding tert-OH is 1. The highest BCUT2D eigenvalue weighted by Crippen LogP contribution is 2.29. The highest BCUT2D eigenvalue weighted by atomic mass is 32.2. The number of sulfonamides is 1. The van der Waals surface area contributed by atoms with Crippen LogP contribution < -0.4 is 9.64 Å². The number of amides is 1. The average Bonchev–Trinajstić information content (AvgIpc) is 3.43. The van der Waals surface area contributed by atoms with Crippen LogP contribution in [0.4, 0.5) is 4.79 Å². The van der Waals surface area contributed by atoms with Gasteiger partial charge in [0.05, 0.1) is 18.6 Å². The number of pyridine rings is 1. The molecule has 3 aromatic rings. The second kappa shape index (κ2) is 13.4. The van der Waals surface area contributed by atoms with Crippen LogP contribution in [0, 0.1) is 5.92 Å². The van der Waals surface area contributed by atoms with Crippen molar-refractivity contribution in [3.05, 3.63) is 89.7 Å². The first kappa shape index (κ1) is 29.7. The van der Waals surface area contributed by atoms with Gasteiger partial charge in [-0.3, -0.25) is 4.98 Å². The molecular weight excluding hydrogens is 530 g/mol. The van der Waals surface area contributed by atoms with Gasteiger partial charge < -0.3 is 14.6 Å². The molecule has 214 valence electrons. The van der Waals surface area contributed by atoms with E-state index in [1.807, 2.05) is 50.2 Å². The van der Waals surface area contributed by atoms with E-state index in [0.717, 1.165) is 16.7 Å². The van der Waals surface area contributed by atoms with Crippen molar-refractivity contribution in [3.8, 4) is 5.75 Å². The van der Waals surface area contributed by atoms with Crippen LogP contribution in [0.15, 0.2) is 78.0 Å². The van der Waals surface area contributed by atoms with E-state index >= 15 is 0 Å². The Bertz CT molecular complexity index is 1370. The highest BCUT2D eigenvalue weighted by Gasteiger charge is 2.37. The number of nitrogens with zero attached hydrogens (tertiary/aromatic N) is 2. The van der Waals surface area contributed by atoms with E-state index < -0.39 is 28.3 Å². The molecule has 1 amide bonds. The Morgan fingerprint density at radius 3 is 2.55 bits per heavy atom. The maximum absolute atomic E-state index is 13.8. The van der Waals surface area contributed by atoms with E-state index in [4.69, 9.17) is 9.47 Å². The summed E-state index contributed by atoms with van der Waals surface area (Å²) < 4.78 is 40.0. The molecule has 0 radical (unpaired) electrons. The molecule has 2 aromatic carbocycles. The van der Waals surface area contributed by atoms with Crippen LogP contribution in [-0.2, 0) is 34.2 Å². The Hall–Kier alpha value is -3.31. The Labute approximate surface area is 236 Å². The number of nitrogens with one attached hydrogen (secondary N) is 1. The fourth-order valence-electron chi connectivity index (χ4n) is 4.83. The van der Waals surface area contributed by atoms with Crippen LogP contribution in [0.1, 0.15) is 30.5 Å². The first-order valence-electron chi connectivity index (χ1n) is 13.5. The zero-order chi connectivity index (χ0) is 28.7. The largest absolute Gasteiger partial charge is 0.514 e. The first-order chi connectivity index (χ1) is 19.1. The van der Waals surface area contributed by atoms with E-state index in [2.05, 4.69) is 4.98 Å².